The van der Waals surface area contributed by atoms with Crippen LogP contribution in [0.5, 0.6) is 0 Å². The lowest BCUT2D eigenvalue weighted by Gasteiger charge is -2.12. The van der Waals surface area contributed by atoms with E-state index in [9.17, 15) is 0 Å². The van der Waals surface area contributed by atoms with E-state index in [1.54, 1.807) is 0 Å². The Morgan fingerprint density at radius 2 is 0.755 bits per heavy atom. The second-order valence-electron chi connectivity index (χ2n) is 12.3. The van der Waals surface area contributed by atoms with Crippen molar-refractivity contribution in [3.63, 3.8) is 0 Å². The number of aromatic nitrogens is 3. The van der Waals surface area contributed by atoms with Crippen LogP contribution in [0.25, 0.3) is 83.5 Å². The van der Waals surface area contributed by atoms with Gasteiger partial charge in [-0.2, -0.15) is 0 Å². The highest BCUT2D eigenvalue weighted by Crippen LogP contribution is 2.37. The molecule has 0 bridgehead atoms. The lowest BCUT2D eigenvalue weighted by molar-refractivity contribution is 1.08. The van der Waals surface area contributed by atoms with Crippen LogP contribution in [-0.4, -0.2) is 14.5 Å². The Bertz CT molecular complexity index is 2400. The first kappa shape index (κ1) is 28.6. The van der Waals surface area contributed by atoms with Gasteiger partial charge in [-0.25, -0.2) is 9.97 Å². The van der Waals surface area contributed by atoms with Crippen molar-refractivity contribution < 1.29 is 0 Å². The standard InChI is InChI=1S/C46H31N3/c1-5-13-32(14-6-1)36-21-24-44-40(27-36)41-28-37(33-15-7-2-8-16-33)22-25-45(41)49(44)46-26-23-38(31-47-46)39-29-42(34-17-9-3-10-18-34)48-43(30-39)35-19-11-4-12-20-35/h1-31H. The van der Waals surface area contributed by atoms with Gasteiger partial charge in [-0.15, -0.1) is 0 Å². The van der Waals surface area contributed by atoms with E-state index in [0.29, 0.717) is 0 Å². The maximum absolute atomic E-state index is 5.11. The van der Waals surface area contributed by atoms with E-state index in [1.807, 2.05) is 18.3 Å². The maximum Gasteiger partial charge on any atom is 0.137 e. The van der Waals surface area contributed by atoms with Gasteiger partial charge in [-0.05, 0) is 76.3 Å². The third-order valence-electron chi connectivity index (χ3n) is 9.25. The van der Waals surface area contributed by atoms with Gasteiger partial charge in [0.05, 0.1) is 22.4 Å². The first-order valence-electron chi connectivity index (χ1n) is 16.6. The number of benzene rings is 6. The third-order valence-corrected chi connectivity index (χ3v) is 9.25. The topological polar surface area (TPSA) is 30.7 Å². The summed E-state index contributed by atoms with van der Waals surface area (Å²) in [5.74, 6) is 0.879. The lowest BCUT2D eigenvalue weighted by atomic mass is 10.0. The Morgan fingerprint density at radius 1 is 0.327 bits per heavy atom. The van der Waals surface area contributed by atoms with Crippen molar-refractivity contribution in [2.45, 2.75) is 0 Å². The van der Waals surface area contributed by atoms with Gasteiger partial charge >= 0.3 is 0 Å². The highest BCUT2D eigenvalue weighted by atomic mass is 15.1. The zero-order valence-electron chi connectivity index (χ0n) is 26.7. The summed E-state index contributed by atoms with van der Waals surface area (Å²) in [5.41, 5.74) is 13.2. The van der Waals surface area contributed by atoms with Crippen molar-refractivity contribution in [3.8, 4) is 61.7 Å². The molecule has 3 nitrogen and oxygen atoms in total. The molecule has 0 N–H and O–H groups in total. The molecule has 49 heavy (non-hydrogen) atoms. The molecule has 0 unspecified atom stereocenters. The van der Waals surface area contributed by atoms with Gasteiger partial charge in [0.15, 0.2) is 0 Å². The molecule has 0 atom stereocenters. The van der Waals surface area contributed by atoms with E-state index in [0.717, 1.165) is 50.5 Å². The normalized spacial score (nSPS) is 11.3. The fourth-order valence-electron chi connectivity index (χ4n) is 6.79. The molecule has 6 aromatic carbocycles. The molecular formula is C46H31N3. The van der Waals surface area contributed by atoms with Crippen LogP contribution in [-0.2, 0) is 0 Å². The minimum absolute atomic E-state index is 0.879. The molecule has 0 aliphatic rings. The molecule has 9 rings (SSSR count). The number of rotatable bonds is 6. The predicted octanol–water partition coefficient (Wildman–Crippen LogP) is 11.9. The first-order valence-corrected chi connectivity index (χ1v) is 16.6. The molecule has 0 saturated heterocycles. The summed E-state index contributed by atoms with van der Waals surface area (Å²) in [6.45, 7) is 0. The number of fused-ring (bicyclic) bond motifs is 3. The van der Waals surface area contributed by atoms with E-state index in [4.69, 9.17) is 9.97 Å². The maximum atomic E-state index is 5.11. The minimum atomic E-state index is 0.879. The predicted molar refractivity (Wildman–Crippen MR) is 204 cm³/mol. The lowest BCUT2D eigenvalue weighted by Crippen LogP contribution is -1.98. The van der Waals surface area contributed by atoms with Crippen molar-refractivity contribution in [1.82, 2.24) is 14.5 Å². The Kier molecular flexibility index (Phi) is 7.14. The van der Waals surface area contributed by atoms with Crippen molar-refractivity contribution in [1.29, 1.82) is 0 Å². The molecule has 0 aliphatic heterocycles. The van der Waals surface area contributed by atoms with Gasteiger partial charge in [-0.3, -0.25) is 4.57 Å². The molecule has 0 fully saturated rings. The van der Waals surface area contributed by atoms with Gasteiger partial charge in [0.25, 0.3) is 0 Å². The summed E-state index contributed by atoms with van der Waals surface area (Å²) in [4.78, 5) is 10.2. The Labute approximate surface area is 285 Å². The van der Waals surface area contributed by atoms with Gasteiger partial charge in [0.2, 0.25) is 0 Å². The second-order valence-corrected chi connectivity index (χ2v) is 12.3. The average Bonchev–Trinajstić information content (AvgIpc) is 3.52. The van der Waals surface area contributed by atoms with E-state index < -0.39 is 0 Å². The van der Waals surface area contributed by atoms with Crippen molar-refractivity contribution in [2.24, 2.45) is 0 Å². The van der Waals surface area contributed by atoms with Gasteiger partial charge < -0.3 is 0 Å². The molecular weight excluding hydrogens is 595 g/mol. The molecule has 0 spiro atoms. The highest BCUT2D eigenvalue weighted by Gasteiger charge is 2.16. The zero-order chi connectivity index (χ0) is 32.6. The summed E-state index contributed by atoms with van der Waals surface area (Å²) < 4.78 is 2.29. The van der Waals surface area contributed by atoms with Crippen LogP contribution in [0.2, 0.25) is 0 Å². The first-order chi connectivity index (χ1) is 24.3. The summed E-state index contributed by atoms with van der Waals surface area (Å²) >= 11 is 0. The van der Waals surface area contributed by atoms with Gasteiger partial charge in [-0.1, -0.05) is 133 Å². The summed E-state index contributed by atoms with van der Waals surface area (Å²) in [6.07, 6.45) is 1.99. The monoisotopic (exact) mass is 625 g/mol. The number of hydrogen-bond acceptors (Lipinski definition) is 2. The van der Waals surface area contributed by atoms with Crippen LogP contribution in [0.15, 0.2) is 188 Å². The Balaban J connectivity index is 1.19. The fourth-order valence-corrected chi connectivity index (χ4v) is 6.79. The fraction of sp³-hybridized carbons (Fsp3) is 0. The molecule has 0 saturated carbocycles. The molecule has 3 aromatic heterocycles. The molecule has 0 radical (unpaired) electrons. The van der Waals surface area contributed by atoms with Crippen molar-refractivity contribution >= 4 is 21.8 Å². The van der Waals surface area contributed by atoms with Crippen LogP contribution in [0.4, 0.5) is 0 Å². The Hall–Kier alpha value is -6.58. The largest absolute Gasteiger partial charge is 0.294 e. The minimum Gasteiger partial charge on any atom is -0.294 e. The van der Waals surface area contributed by atoms with Crippen LogP contribution < -0.4 is 0 Å². The molecule has 230 valence electrons. The summed E-state index contributed by atoms with van der Waals surface area (Å²) in [6, 6.07) is 64.1. The SMILES string of the molecule is c1ccc(-c2ccc3c(c2)c2cc(-c4ccccc4)ccc2n3-c2ccc(-c3cc(-c4ccccc4)nc(-c4ccccc4)c3)cn2)cc1. The van der Waals surface area contributed by atoms with E-state index in [2.05, 4.69) is 174 Å². The number of hydrogen-bond donors (Lipinski definition) is 0. The quantitative estimate of drug-likeness (QED) is 0.184. The summed E-state index contributed by atoms with van der Waals surface area (Å²) in [7, 11) is 0. The molecule has 0 aliphatic carbocycles. The molecule has 0 amide bonds. The van der Waals surface area contributed by atoms with Crippen LogP contribution >= 0.6 is 0 Å². The third kappa shape index (κ3) is 5.38. The molecule has 9 aromatic rings. The van der Waals surface area contributed by atoms with E-state index in [-0.39, 0.29) is 0 Å². The average molecular weight is 626 g/mol. The van der Waals surface area contributed by atoms with E-state index >= 15 is 0 Å². The van der Waals surface area contributed by atoms with Crippen LogP contribution in [0.3, 0.4) is 0 Å². The Morgan fingerprint density at radius 3 is 1.18 bits per heavy atom. The highest BCUT2D eigenvalue weighted by molar-refractivity contribution is 6.11. The van der Waals surface area contributed by atoms with Crippen molar-refractivity contribution in [2.75, 3.05) is 0 Å². The van der Waals surface area contributed by atoms with Gasteiger partial charge in [0.1, 0.15) is 5.82 Å². The van der Waals surface area contributed by atoms with Crippen molar-refractivity contribution in [3.05, 3.63) is 188 Å². The smallest absolute Gasteiger partial charge is 0.137 e. The summed E-state index contributed by atoms with van der Waals surface area (Å²) in [5, 5.41) is 2.41. The van der Waals surface area contributed by atoms with Gasteiger partial charge in [0, 0.05) is 33.7 Å². The molecule has 3 heterocycles. The van der Waals surface area contributed by atoms with Crippen LogP contribution in [0.1, 0.15) is 0 Å². The van der Waals surface area contributed by atoms with Crippen LogP contribution in [0, 0.1) is 0 Å². The molecule has 3 heteroatoms. The van der Waals surface area contributed by atoms with E-state index in [1.165, 1.54) is 33.0 Å². The number of pyridine rings is 2. The number of nitrogens with zero attached hydrogens (tertiary/aromatic N) is 3. The zero-order valence-corrected chi connectivity index (χ0v) is 26.7. The second kappa shape index (κ2) is 12.2.